The fourth-order valence-corrected chi connectivity index (χ4v) is 10.6. The minimum absolute atomic E-state index is 1.12. The molecule has 0 saturated carbocycles. The van der Waals surface area contributed by atoms with Gasteiger partial charge in [0, 0.05) is 65.9 Å². The van der Waals surface area contributed by atoms with Gasteiger partial charge in [0.25, 0.3) is 0 Å². The second-order valence-corrected chi connectivity index (χ2v) is 18.0. The van der Waals surface area contributed by atoms with Gasteiger partial charge < -0.3 is 153 Å². The van der Waals surface area contributed by atoms with E-state index in [0.717, 1.165) is 0 Å². The van der Waals surface area contributed by atoms with Crippen molar-refractivity contribution >= 4 is 54.3 Å². The van der Waals surface area contributed by atoms with Crippen molar-refractivity contribution in [2.45, 2.75) is 5.72 Å². The number of hydrogen-bond donors (Lipinski definition) is 30. The van der Waals surface area contributed by atoms with Gasteiger partial charge in [-0.2, -0.15) is 0 Å². The summed E-state index contributed by atoms with van der Waals surface area (Å²) >= 11 is 0. The van der Waals surface area contributed by atoms with Gasteiger partial charge in [0.1, 0.15) is 11.5 Å². The average Bonchev–Trinajstić information content (AvgIpc) is 4.11. The van der Waals surface area contributed by atoms with Crippen LogP contribution in [0.15, 0.2) is 4.42 Å². The molecule has 1 aliphatic rings. The molecule has 1 unspecified atom stereocenters. The third-order valence-electron chi connectivity index (χ3n) is 14.2. The lowest BCUT2D eigenvalue weighted by Gasteiger charge is -2.27. The van der Waals surface area contributed by atoms with Gasteiger partial charge in [-0.05, 0) is 0 Å². The van der Waals surface area contributed by atoms with Gasteiger partial charge in [-0.3, -0.25) is 5.73 Å². The van der Waals surface area contributed by atoms with Crippen molar-refractivity contribution in [2.24, 2.45) is 5.73 Å². The molecule has 0 saturated heterocycles. The summed E-state index contributed by atoms with van der Waals surface area (Å²) in [6, 6.07) is 0. The van der Waals surface area contributed by atoms with Gasteiger partial charge >= 0.3 is 0 Å². The van der Waals surface area contributed by atoms with E-state index in [1.165, 1.54) is 0 Å². The Morgan fingerprint density at radius 1 is 0.188 bits per heavy atom. The number of aromatic hydroxyl groups is 28. The highest BCUT2D eigenvalue weighted by Crippen LogP contribution is 2.72. The Bertz CT molecular complexity index is 4630. The van der Waals surface area contributed by atoms with Crippen molar-refractivity contribution in [1.29, 1.82) is 0 Å². The molecule has 0 radical (unpaired) electrons. The van der Waals surface area contributed by atoms with Gasteiger partial charge in [0.2, 0.25) is 69.0 Å². The molecule has 1 aromatic heterocycles. The van der Waals surface area contributed by atoms with Crippen LogP contribution in [-0.2, 0) is 5.72 Å². The number of hydrogen-bond acceptors (Lipinski definition) is 31. The van der Waals surface area contributed by atoms with E-state index in [-0.39, 0.29) is 0 Å². The first kappa shape index (κ1) is 50.1. The summed E-state index contributed by atoms with van der Waals surface area (Å²) in [6.07, 6.45) is 0. The fourth-order valence-electron chi connectivity index (χ4n) is 10.6. The molecule has 31 heteroatoms. The minimum atomic E-state index is -3.61. The van der Waals surface area contributed by atoms with Crippen LogP contribution in [-0.4, -0.2) is 148 Å². The van der Waals surface area contributed by atoms with Gasteiger partial charge in [0.05, 0.1) is 32.8 Å². The number of nitrogens with two attached hydrogens (primary N) is 1. The lowest BCUT2D eigenvalue weighted by molar-refractivity contribution is 0.0899. The maximum absolute atomic E-state index is 12.6. The average molecular weight is 1110 g/mol. The molecule has 1 atom stereocenters. The summed E-state index contributed by atoms with van der Waals surface area (Å²) in [6.45, 7) is 0. The summed E-state index contributed by atoms with van der Waals surface area (Å²) in [7, 11) is 0. The summed E-state index contributed by atoms with van der Waals surface area (Å²) in [5.41, 5.74) is -14.1. The van der Waals surface area contributed by atoms with Crippen molar-refractivity contribution < 1.29 is 153 Å². The zero-order valence-corrected chi connectivity index (χ0v) is 38.5. The van der Waals surface area contributed by atoms with E-state index in [0.29, 0.717) is 0 Å². The minimum Gasteiger partial charge on any atom is -0.506 e. The number of aliphatic hydroxyl groups is 1. The topological polar surface area (TPSA) is 626 Å². The third-order valence-corrected chi connectivity index (χ3v) is 14.2. The molecule has 31 N–H and O–H groups in total. The Kier molecular flexibility index (Phi) is 9.42. The second-order valence-electron chi connectivity index (χ2n) is 18.0. The zero-order valence-electron chi connectivity index (χ0n) is 38.5. The highest BCUT2D eigenvalue weighted by molar-refractivity contribution is 6.35. The van der Waals surface area contributed by atoms with Crippen LogP contribution in [0.1, 0.15) is 11.1 Å². The fraction of sp³-hybridized carbons (Fsp3) is 0.0204. The molecule has 0 fully saturated rings. The molecule has 1 aliphatic carbocycles. The molecule has 412 valence electrons. The first-order valence-electron chi connectivity index (χ1n) is 21.7. The van der Waals surface area contributed by atoms with Crippen LogP contribution in [0.4, 0.5) is 0 Å². The van der Waals surface area contributed by atoms with Crippen molar-refractivity contribution in [3.8, 4) is 205 Å². The summed E-state index contributed by atoms with van der Waals surface area (Å²) in [4.78, 5) is 0. The summed E-state index contributed by atoms with van der Waals surface area (Å²) in [5, 5.41) is 319. The van der Waals surface area contributed by atoms with Crippen molar-refractivity contribution in [2.75, 3.05) is 0 Å². The van der Waals surface area contributed by atoms with Crippen LogP contribution >= 0.6 is 0 Å². The molecular weight excluding hydrogens is 1080 g/mol. The molecule has 80 heavy (non-hydrogen) atoms. The Morgan fingerprint density at radius 2 is 0.450 bits per heavy atom. The Hall–Kier alpha value is -12.1. The standard InChI is InChI=1S/C49H31NO30/c50-49(79)17-9(10-18(49)34(66)45(77)41(73)27(10)59)26(58)35(67)28(60)11(17)13-19(51)12(29(61)36(68)30(13)62)2-5-3(21(53)37(69)39(71)23(5)55)1(4-6(2)24(56)40(72)38(70)22(4)54)7-8-16-20(52)14-15(32(64)43(75)42(74)31(14)63)33(65)48(16)80-47(8)46(78)44(76)25(7)57/h51-79H,50H2. The maximum atomic E-state index is 12.6. The SMILES string of the molecule is NC1(O)c2c(O)c(O)c(O)c(O)c2-c2c(O)c(O)c(O)c(-c3c(O)c(O)c(O)c(-c4c5c(O)c(O)c(O)c(O)c5c(-c5c(O)c(O)c(O)c6oc7c(O)c8c(O)c(O)c(O)c(O)c8c(O)c7c56)c5c(O)c(O)c(O)c(O)c45)c3O)c21. The van der Waals surface area contributed by atoms with Crippen LogP contribution in [0, 0.1) is 0 Å². The zero-order chi connectivity index (χ0) is 58.9. The lowest BCUT2D eigenvalue weighted by Crippen LogP contribution is -2.36. The molecule has 0 bridgehead atoms. The van der Waals surface area contributed by atoms with Crippen LogP contribution in [0.5, 0.6) is 161 Å². The van der Waals surface area contributed by atoms with E-state index in [1.54, 1.807) is 0 Å². The number of phenols is 28. The monoisotopic (exact) mass is 1110 g/mol. The normalized spacial score (nSPS) is 14.1. The van der Waals surface area contributed by atoms with E-state index in [4.69, 9.17) is 10.2 Å². The highest BCUT2D eigenvalue weighted by atomic mass is 16.4. The predicted molar refractivity (Wildman–Crippen MR) is 262 cm³/mol. The van der Waals surface area contributed by atoms with Gasteiger partial charge in [-0.25, -0.2) is 0 Å². The van der Waals surface area contributed by atoms with Crippen LogP contribution in [0.2, 0.25) is 0 Å². The molecule has 10 aromatic rings. The van der Waals surface area contributed by atoms with E-state index in [2.05, 4.69) is 0 Å². The molecule has 0 spiro atoms. The van der Waals surface area contributed by atoms with Crippen LogP contribution < -0.4 is 5.73 Å². The Balaban J connectivity index is 1.42. The smallest absolute Gasteiger partial charge is 0.205 e. The number of benzene rings is 9. The second kappa shape index (κ2) is 15.0. The maximum Gasteiger partial charge on any atom is 0.205 e. The van der Waals surface area contributed by atoms with Crippen molar-refractivity contribution in [3.05, 3.63) is 11.1 Å². The Morgan fingerprint density at radius 3 is 0.875 bits per heavy atom. The third kappa shape index (κ3) is 5.34. The van der Waals surface area contributed by atoms with E-state index in [1.807, 2.05) is 0 Å². The first-order valence-corrected chi connectivity index (χ1v) is 21.7. The van der Waals surface area contributed by atoms with Gasteiger partial charge in [0.15, 0.2) is 97.4 Å². The summed E-state index contributed by atoms with van der Waals surface area (Å²) < 4.78 is 5.58. The van der Waals surface area contributed by atoms with E-state index < -0.39 is 277 Å². The largest absolute Gasteiger partial charge is 0.506 e. The highest BCUT2D eigenvalue weighted by Gasteiger charge is 2.51. The predicted octanol–water partition coefficient (Wildman–Crippen LogP) is 3.94. The molecule has 0 aliphatic heterocycles. The summed E-state index contributed by atoms with van der Waals surface area (Å²) in [5.74, 6) is -48.0. The number of rotatable bonds is 3. The van der Waals surface area contributed by atoms with Crippen molar-refractivity contribution in [1.82, 2.24) is 0 Å². The lowest BCUT2D eigenvalue weighted by atomic mass is 9.80. The molecule has 31 nitrogen and oxygen atoms in total. The Labute approximate surface area is 434 Å². The number of phenolic OH excluding ortho intramolecular Hbond substituents is 28. The number of fused-ring (bicyclic) bond motifs is 9. The first-order chi connectivity index (χ1) is 37.2. The van der Waals surface area contributed by atoms with E-state index in [9.17, 15) is 148 Å². The van der Waals surface area contributed by atoms with Crippen LogP contribution in [0.25, 0.3) is 98.8 Å². The quantitative estimate of drug-likeness (QED) is 0.0515. The van der Waals surface area contributed by atoms with Crippen molar-refractivity contribution in [3.63, 3.8) is 0 Å². The number of furan rings is 1. The molecule has 0 amide bonds. The molecule has 11 rings (SSSR count). The van der Waals surface area contributed by atoms with Crippen LogP contribution in [0.3, 0.4) is 0 Å². The molecular formula is C49H31NO30. The molecule has 9 aromatic carbocycles. The van der Waals surface area contributed by atoms with Gasteiger partial charge in [-0.1, -0.05) is 0 Å². The van der Waals surface area contributed by atoms with E-state index >= 15 is 0 Å². The molecule has 1 heterocycles. The van der Waals surface area contributed by atoms with Gasteiger partial charge in [-0.15, -0.1) is 0 Å².